The second kappa shape index (κ2) is 15.2. The Kier molecular flexibility index (Phi) is 12.0. The number of carbonyl (C=O) groups is 2. The first kappa shape index (κ1) is 34.6. The summed E-state index contributed by atoms with van der Waals surface area (Å²) in [7, 11) is 1.12. The Morgan fingerprint density at radius 1 is 0.864 bits per heavy atom. The summed E-state index contributed by atoms with van der Waals surface area (Å²) in [6.45, 7) is 2.70. The molecule has 3 rings (SSSR count). The third-order valence-electron chi connectivity index (χ3n) is 6.79. The lowest BCUT2D eigenvalue weighted by molar-refractivity contribution is -0.139. The standard InChI is InChI=1S/C30H35Cl2N3O8S/c1-7-33-30(37)19(2)34(17-22-23(31)9-8-10-24(22)32)29(36)18-35(25-15-20(40-3)11-13-26(25)41-4)44(38,39)21-12-14-27(42-5)28(16-21)43-6/h8-16,19H,7,17-18H2,1-6H3,(H,33,37). The Labute approximate surface area is 267 Å². The van der Waals surface area contributed by atoms with E-state index in [-0.39, 0.29) is 38.7 Å². The van der Waals surface area contributed by atoms with Gasteiger partial charge in [-0.05, 0) is 50.2 Å². The van der Waals surface area contributed by atoms with Gasteiger partial charge in [0.05, 0.1) is 39.0 Å². The van der Waals surface area contributed by atoms with E-state index in [2.05, 4.69) is 5.32 Å². The molecule has 238 valence electrons. The molecule has 3 aromatic rings. The van der Waals surface area contributed by atoms with Crippen molar-refractivity contribution in [3.8, 4) is 23.0 Å². The molecule has 0 saturated heterocycles. The van der Waals surface area contributed by atoms with E-state index in [1.165, 1.54) is 70.6 Å². The highest BCUT2D eigenvalue weighted by Gasteiger charge is 2.35. The summed E-state index contributed by atoms with van der Waals surface area (Å²) >= 11 is 12.8. The number of halogens is 2. The Morgan fingerprint density at radius 3 is 2.05 bits per heavy atom. The highest BCUT2D eigenvalue weighted by Crippen LogP contribution is 2.38. The molecule has 1 unspecified atom stereocenters. The van der Waals surface area contributed by atoms with E-state index >= 15 is 0 Å². The van der Waals surface area contributed by atoms with Gasteiger partial charge in [0.25, 0.3) is 10.0 Å². The van der Waals surface area contributed by atoms with Gasteiger partial charge in [-0.25, -0.2) is 8.42 Å². The van der Waals surface area contributed by atoms with Gasteiger partial charge in [-0.3, -0.25) is 13.9 Å². The molecule has 3 aromatic carbocycles. The molecule has 0 radical (unpaired) electrons. The zero-order valence-corrected chi connectivity index (χ0v) is 27.5. The number of rotatable bonds is 14. The van der Waals surface area contributed by atoms with Crippen molar-refractivity contribution < 1.29 is 37.0 Å². The van der Waals surface area contributed by atoms with E-state index in [9.17, 15) is 18.0 Å². The fourth-order valence-electron chi connectivity index (χ4n) is 4.37. The average Bonchev–Trinajstić information content (AvgIpc) is 3.02. The minimum Gasteiger partial charge on any atom is -0.497 e. The molecule has 1 N–H and O–H groups in total. The molecule has 0 aliphatic carbocycles. The molecule has 0 aromatic heterocycles. The Balaban J connectivity index is 2.20. The molecule has 0 heterocycles. The number of methoxy groups -OCH3 is 4. The van der Waals surface area contributed by atoms with E-state index in [1.807, 2.05) is 0 Å². The second-order valence-electron chi connectivity index (χ2n) is 9.36. The smallest absolute Gasteiger partial charge is 0.265 e. The van der Waals surface area contributed by atoms with Gasteiger partial charge in [-0.1, -0.05) is 29.3 Å². The summed E-state index contributed by atoms with van der Waals surface area (Å²) in [5, 5.41) is 3.26. The number of carbonyl (C=O) groups excluding carboxylic acids is 2. The maximum atomic E-state index is 14.3. The molecule has 0 aliphatic rings. The number of nitrogens with zero attached hydrogens (tertiary/aromatic N) is 2. The van der Waals surface area contributed by atoms with Crippen molar-refractivity contribution in [1.82, 2.24) is 10.2 Å². The number of anilines is 1. The number of ether oxygens (including phenoxy) is 4. The first-order valence-electron chi connectivity index (χ1n) is 13.4. The van der Waals surface area contributed by atoms with Crippen molar-refractivity contribution in [3.63, 3.8) is 0 Å². The van der Waals surface area contributed by atoms with Crippen LogP contribution in [0.3, 0.4) is 0 Å². The number of nitrogens with one attached hydrogen (secondary N) is 1. The van der Waals surface area contributed by atoms with Crippen LogP contribution in [-0.2, 0) is 26.2 Å². The molecule has 0 spiro atoms. The van der Waals surface area contributed by atoms with Gasteiger partial charge in [0, 0.05) is 40.8 Å². The SMILES string of the molecule is CCNC(=O)C(C)N(Cc1c(Cl)cccc1Cl)C(=O)CN(c1cc(OC)ccc1OC)S(=O)(=O)c1ccc(OC)c(OC)c1. The molecule has 14 heteroatoms. The summed E-state index contributed by atoms with van der Waals surface area (Å²) in [5.74, 6) is -0.217. The lowest BCUT2D eigenvalue weighted by Gasteiger charge is -2.32. The monoisotopic (exact) mass is 667 g/mol. The highest BCUT2D eigenvalue weighted by molar-refractivity contribution is 7.92. The molecule has 1 atom stereocenters. The van der Waals surface area contributed by atoms with Crippen molar-refractivity contribution in [1.29, 1.82) is 0 Å². The Morgan fingerprint density at radius 2 is 1.48 bits per heavy atom. The van der Waals surface area contributed by atoms with Crippen molar-refractivity contribution in [2.24, 2.45) is 0 Å². The quantitative estimate of drug-likeness (QED) is 0.261. The summed E-state index contributed by atoms with van der Waals surface area (Å²) in [5.41, 5.74) is 0.421. The van der Waals surface area contributed by atoms with Crippen molar-refractivity contribution in [2.75, 3.05) is 45.8 Å². The van der Waals surface area contributed by atoms with Gasteiger partial charge in [-0.2, -0.15) is 0 Å². The van der Waals surface area contributed by atoms with E-state index in [4.69, 9.17) is 42.1 Å². The first-order valence-corrected chi connectivity index (χ1v) is 15.6. The number of likely N-dealkylation sites (N-methyl/N-ethyl adjacent to an activating group) is 1. The van der Waals surface area contributed by atoms with Crippen molar-refractivity contribution in [3.05, 3.63) is 70.2 Å². The highest BCUT2D eigenvalue weighted by atomic mass is 35.5. The van der Waals surface area contributed by atoms with Crippen LogP contribution >= 0.6 is 23.2 Å². The second-order valence-corrected chi connectivity index (χ2v) is 12.0. The van der Waals surface area contributed by atoms with Crippen LogP contribution in [0.2, 0.25) is 10.0 Å². The minimum atomic E-state index is -4.48. The van der Waals surface area contributed by atoms with Crippen molar-refractivity contribution >= 4 is 50.7 Å². The molecule has 0 bridgehead atoms. The average molecular weight is 669 g/mol. The van der Waals surface area contributed by atoms with Crippen LogP contribution in [0.1, 0.15) is 19.4 Å². The van der Waals surface area contributed by atoms with Gasteiger partial charge in [0.1, 0.15) is 24.1 Å². The van der Waals surface area contributed by atoms with Crippen LogP contribution in [0.25, 0.3) is 0 Å². The molecular formula is C30H35Cl2N3O8S. The summed E-state index contributed by atoms with van der Waals surface area (Å²) in [4.78, 5) is 28.2. The summed E-state index contributed by atoms with van der Waals surface area (Å²) in [6.07, 6.45) is 0. The Bertz CT molecular complexity index is 1580. The molecule has 11 nitrogen and oxygen atoms in total. The normalized spacial score (nSPS) is 11.7. The van der Waals surface area contributed by atoms with Crippen LogP contribution in [0.5, 0.6) is 23.0 Å². The van der Waals surface area contributed by atoms with Crippen LogP contribution in [0.4, 0.5) is 5.69 Å². The van der Waals surface area contributed by atoms with Gasteiger partial charge >= 0.3 is 0 Å². The van der Waals surface area contributed by atoms with E-state index in [0.29, 0.717) is 23.6 Å². The zero-order valence-electron chi connectivity index (χ0n) is 25.2. The van der Waals surface area contributed by atoms with Gasteiger partial charge in [0.15, 0.2) is 11.5 Å². The minimum absolute atomic E-state index is 0.0244. The molecule has 0 aliphatic heterocycles. The molecular weight excluding hydrogens is 633 g/mol. The number of benzene rings is 3. The summed E-state index contributed by atoms with van der Waals surface area (Å²) < 4.78 is 51.0. The largest absolute Gasteiger partial charge is 0.497 e. The lowest BCUT2D eigenvalue weighted by Crippen LogP contribution is -2.51. The number of sulfonamides is 1. The predicted molar refractivity (Wildman–Crippen MR) is 169 cm³/mol. The fraction of sp³-hybridized carbons (Fsp3) is 0.333. The van der Waals surface area contributed by atoms with E-state index < -0.39 is 34.4 Å². The fourth-order valence-corrected chi connectivity index (χ4v) is 6.32. The molecule has 0 fully saturated rings. The number of amides is 2. The Hall–Kier alpha value is -3.87. The predicted octanol–water partition coefficient (Wildman–Crippen LogP) is 4.78. The molecule has 2 amide bonds. The van der Waals surface area contributed by atoms with Gasteiger partial charge < -0.3 is 29.2 Å². The zero-order chi connectivity index (χ0) is 32.6. The van der Waals surface area contributed by atoms with Crippen LogP contribution in [0, 0.1) is 0 Å². The van der Waals surface area contributed by atoms with Gasteiger partial charge in [-0.15, -0.1) is 0 Å². The van der Waals surface area contributed by atoms with Gasteiger partial charge in [0.2, 0.25) is 11.8 Å². The lowest BCUT2D eigenvalue weighted by atomic mass is 10.1. The number of hydrogen-bond donors (Lipinski definition) is 1. The third-order valence-corrected chi connectivity index (χ3v) is 9.25. The number of hydrogen-bond acceptors (Lipinski definition) is 8. The summed E-state index contributed by atoms with van der Waals surface area (Å²) in [6, 6.07) is 12.5. The van der Waals surface area contributed by atoms with Crippen LogP contribution in [-0.4, -0.2) is 72.7 Å². The van der Waals surface area contributed by atoms with Crippen LogP contribution in [0.15, 0.2) is 59.5 Å². The third kappa shape index (κ3) is 7.61. The first-order chi connectivity index (χ1) is 20.9. The maximum absolute atomic E-state index is 14.3. The maximum Gasteiger partial charge on any atom is 0.265 e. The molecule has 0 saturated carbocycles. The van der Waals surface area contributed by atoms with Crippen LogP contribution < -0.4 is 28.6 Å². The topological polar surface area (TPSA) is 124 Å². The van der Waals surface area contributed by atoms with E-state index in [1.54, 1.807) is 31.2 Å². The molecule has 44 heavy (non-hydrogen) atoms. The van der Waals surface area contributed by atoms with E-state index in [0.717, 1.165) is 4.31 Å². The van der Waals surface area contributed by atoms with Crippen molar-refractivity contribution in [2.45, 2.75) is 31.3 Å².